The van der Waals surface area contributed by atoms with Gasteiger partial charge in [0.25, 0.3) is 5.91 Å². The van der Waals surface area contributed by atoms with Gasteiger partial charge in [-0.15, -0.1) is 0 Å². The van der Waals surface area contributed by atoms with E-state index in [0.717, 1.165) is 19.3 Å². The maximum absolute atomic E-state index is 12.4. The zero-order valence-corrected chi connectivity index (χ0v) is 16.7. The van der Waals surface area contributed by atoms with E-state index in [0.29, 0.717) is 23.3 Å². The van der Waals surface area contributed by atoms with E-state index in [1.165, 1.54) is 45.4 Å². The molecule has 0 saturated heterocycles. The van der Waals surface area contributed by atoms with E-state index >= 15 is 0 Å². The Hall–Kier alpha value is -2.64. The van der Waals surface area contributed by atoms with Crippen molar-refractivity contribution in [2.45, 2.75) is 64.0 Å². The Kier molecular flexibility index (Phi) is 4.96. The van der Waals surface area contributed by atoms with Gasteiger partial charge in [0.1, 0.15) is 5.69 Å². The van der Waals surface area contributed by atoms with Gasteiger partial charge < -0.3 is 15.0 Å². The molecule has 0 aliphatic heterocycles. The first-order valence-electron chi connectivity index (χ1n) is 10.3. The van der Waals surface area contributed by atoms with Crippen molar-refractivity contribution in [1.29, 1.82) is 0 Å². The molecule has 8 heteroatoms. The molecule has 1 heterocycles. The van der Waals surface area contributed by atoms with Crippen LogP contribution in [0.1, 0.15) is 73.2 Å². The van der Waals surface area contributed by atoms with Crippen LogP contribution in [0, 0.1) is 17.8 Å². The number of ether oxygens (including phenoxy) is 1. The van der Waals surface area contributed by atoms with E-state index in [9.17, 15) is 19.2 Å². The van der Waals surface area contributed by atoms with Gasteiger partial charge in [0.05, 0.1) is 0 Å². The van der Waals surface area contributed by atoms with Crippen LogP contribution < -0.4 is 10.6 Å². The molecule has 4 bridgehead atoms. The van der Waals surface area contributed by atoms with Crippen LogP contribution in [0.2, 0.25) is 0 Å². The van der Waals surface area contributed by atoms with E-state index in [1.54, 1.807) is 0 Å². The summed E-state index contributed by atoms with van der Waals surface area (Å²) >= 11 is 0. The molecule has 0 radical (unpaired) electrons. The second-order valence-corrected chi connectivity index (χ2v) is 9.05. The van der Waals surface area contributed by atoms with Crippen LogP contribution in [0.25, 0.3) is 0 Å². The van der Waals surface area contributed by atoms with Crippen molar-refractivity contribution in [3.8, 4) is 0 Å². The number of aromatic amines is 1. The van der Waals surface area contributed by atoms with Gasteiger partial charge in [0, 0.05) is 17.3 Å². The molecule has 4 fully saturated rings. The fraction of sp³-hybridized carbons (Fsp3) is 0.619. The molecule has 4 aliphatic rings. The number of esters is 1. The molecule has 3 amide bonds. The molecule has 0 unspecified atom stereocenters. The number of hydrogen-bond donors (Lipinski definition) is 3. The Morgan fingerprint density at radius 1 is 1.10 bits per heavy atom. The Balaban J connectivity index is 1.30. The second kappa shape index (κ2) is 7.31. The van der Waals surface area contributed by atoms with Gasteiger partial charge in [0.15, 0.2) is 11.9 Å². The lowest BCUT2D eigenvalue weighted by atomic mass is 9.53. The molecule has 3 N–H and O–H groups in total. The molecule has 0 aromatic carbocycles. The zero-order chi connectivity index (χ0) is 20.8. The highest BCUT2D eigenvalue weighted by atomic mass is 16.5. The monoisotopic (exact) mass is 401 g/mol. The van der Waals surface area contributed by atoms with Crippen LogP contribution in [0.4, 0.5) is 4.79 Å². The molecule has 1 atom stereocenters. The lowest BCUT2D eigenvalue weighted by Gasteiger charge is -2.56. The SMILES string of the molecule is CC(=O)c1c[nH]c(C(=O)O[C@H](C)C(=O)NC(=O)NC23CC4CC(CC(C4)C2)C3)c1. The number of hydrogen-bond acceptors (Lipinski definition) is 5. The minimum Gasteiger partial charge on any atom is -0.448 e. The lowest BCUT2D eigenvalue weighted by Crippen LogP contribution is -2.62. The molecular formula is C21H27N3O5. The van der Waals surface area contributed by atoms with Crippen molar-refractivity contribution in [2.24, 2.45) is 17.8 Å². The van der Waals surface area contributed by atoms with Gasteiger partial charge in [-0.2, -0.15) is 0 Å². The predicted octanol–water partition coefficient (Wildman–Crippen LogP) is 2.56. The summed E-state index contributed by atoms with van der Waals surface area (Å²) in [6, 6.07) is 0.841. The zero-order valence-electron chi connectivity index (χ0n) is 16.7. The third-order valence-corrected chi connectivity index (χ3v) is 6.62. The molecule has 8 nitrogen and oxygen atoms in total. The molecule has 1 aromatic heterocycles. The molecule has 29 heavy (non-hydrogen) atoms. The van der Waals surface area contributed by atoms with Crippen LogP contribution in [0.3, 0.4) is 0 Å². The summed E-state index contributed by atoms with van der Waals surface area (Å²) in [5, 5.41) is 5.36. The van der Waals surface area contributed by atoms with Crippen molar-refractivity contribution in [3.63, 3.8) is 0 Å². The van der Waals surface area contributed by atoms with E-state index in [1.807, 2.05) is 0 Å². The number of imide groups is 1. The van der Waals surface area contributed by atoms with E-state index in [-0.39, 0.29) is 17.0 Å². The third kappa shape index (κ3) is 4.06. The van der Waals surface area contributed by atoms with Crippen LogP contribution in [0.15, 0.2) is 12.3 Å². The van der Waals surface area contributed by atoms with Gasteiger partial charge >= 0.3 is 12.0 Å². The standard InChI is InChI=1S/C21H27N3O5/c1-11(25)16-6-17(22-10-16)19(27)29-12(2)18(26)23-20(28)24-21-7-13-3-14(8-21)5-15(4-13)9-21/h6,10,12-15,22H,3-5,7-9H2,1-2H3,(H2,23,24,26,28)/t12-,13?,14?,15?,21?/m1/s1. The lowest BCUT2D eigenvalue weighted by molar-refractivity contribution is -0.128. The number of ketones is 1. The smallest absolute Gasteiger partial charge is 0.355 e. The molecular weight excluding hydrogens is 374 g/mol. The van der Waals surface area contributed by atoms with Crippen molar-refractivity contribution < 1.29 is 23.9 Å². The first-order chi connectivity index (χ1) is 13.7. The number of Topliss-reactive ketones (excluding diaryl/α,β-unsaturated/α-hetero) is 1. The number of amides is 3. The molecule has 1 aromatic rings. The minimum atomic E-state index is -1.14. The Labute approximate surface area is 169 Å². The normalized spacial score (nSPS) is 30.5. The highest BCUT2D eigenvalue weighted by molar-refractivity contribution is 6.00. The van der Waals surface area contributed by atoms with E-state index in [4.69, 9.17) is 4.74 Å². The molecule has 4 aliphatic carbocycles. The number of nitrogens with one attached hydrogen (secondary N) is 3. The van der Waals surface area contributed by atoms with Crippen molar-refractivity contribution in [1.82, 2.24) is 15.6 Å². The fourth-order valence-electron chi connectivity index (χ4n) is 5.74. The number of aromatic nitrogens is 1. The average Bonchev–Trinajstić information content (AvgIpc) is 3.10. The topological polar surface area (TPSA) is 117 Å². The highest BCUT2D eigenvalue weighted by Crippen LogP contribution is 2.55. The van der Waals surface area contributed by atoms with E-state index < -0.39 is 24.0 Å². The van der Waals surface area contributed by atoms with Gasteiger partial charge in [-0.25, -0.2) is 9.59 Å². The summed E-state index contributed by atoms with van der Waals surface area (Å²) in [7, 11) is 0. The Bertz CT molecular complexity index is 823. The minimum absolute atomic E-state index is 0.0767. The van der Waals surface area contributed by atoms with E-state index in [2.05, 4.69) is 15.6 Å². The quantitative estimate of drug-likeness (QED) is 0.518. The van der Waals surface area contributed by atoms with Crippen LogP contribution in [0.5, 0.6) is 0 Å². The average molecular weight is 401 g/mol. The summed E-state index contributed by atoms with van der Waals surface area (Å²) in [4.78, 5) is 50.9. The number of urea groups is 1. The number of carbonyl (C=O) groups excluding carboxylic acids is 4. The predicted molar refractivity (Wildman–Crippen MR) is 103 cm³/mol. The van der Waals surface area contributed by atoms with Crippen LogP contribution in [-0.4, -0.2) is 40.3 Å². The molecule has 0 spiro atoms. The first kappa shape index (κ1) is 19.7. The highest BCUT2D eigenvalue weighted by Gasteiger charge is 2.51. The van der Waals surface area contributed by atoms with Gasteiger partial charge in [-0.1, -0.05) is 0 Å². The number of H-pyrrole nitrogens is 1. The van der Waals surface area contributed by atoms with Crippen molar-refractivity contribution in [3.05, 3.63) is 23.5 Å². The Morgan fingerprint density at radius 3 is 2.21 bits per heavy atom. The molecule has 4 saturated carbocycles. The molecule has 156 valence electrons. The Morgan fingerprint density at radius 2 is 1.69 bits per heavy atom. The fourth-order valence-corrected chi connectivity index (χ4v) is 5.74. The number of rotatable bonds is 5. The summed E-state index contributed by atoms with van der Waals surface area (Å²) in [6.45, 7) is 2.79. The van der Waals surface area contributed by atoms with Crippen molar-refractivity contribution >= 4 is 23.7 Å². The largest absolute Gasteiger partial charge is 0.448 e. The van der Waals surface area contributed by atoms with Crippen molar-refractivity contribution in [2.75, 3.05) is 0 Å². The summed E-state index contributed by atoms with van der Waals surface area (Å²) < 4.78 is 5.11. The summed E-state index contributed by atoms with van der Waals surface area (Å²) in [6.07, 6.45) is 7.00. The molecule has 5 rings (SSSR count). The number of carbonyl (C=O) groups is 4. The maximum atomic E-state index is 12.4. The maximum Gasteiger partial charge on any atom is 0.355 e. The van der Waals surface area contributed by atoms with Gasteiger partial charge in [-0.3, -0.25) is 14.9 Å². The van der Waals surface area contributed by atoms with Crippen LogP contribution >= 0.6 is 0 Å². The van der Waals surface area contributed by atoms with Gasteiger partial charge in [-0.05, 0) is 76.2 Å². The third-order valence-electron chi connectivity index (χ3n) is 6.62. The second-order valence-electron chi connectivity index (χ2n) is 9.05. The first-order valence-corrected chi connectivity index (χ1v) is 10.3. The summed E-state index contributed by atoms with van der Waals surface area (Å²) in [5.74, 6) is 0.404. The van der Waals surface area contributed by atoms with Crippen LogP contribution in [-0.2, 0) is 9.53 Å². The summed E-state index contributed by atoms with van der Waals surface area (Å²) in [5.41, 5.74) is 0.226. The van der Waals surface area contributed by atoms with Gasteiger partial charge in [0.2, 0.25) is 0 Å².